The number of nitrogens with one attached hydrogen (secondary N) is 2. The summed E-state index contributed by atoms with van der Waals surface area (Å²) in [5.74, 6) is -0.592. The van der Waals surface area contributed by atoms with Crippen LogP contribution >= 0.6 is 0 Å². The summed E-state index contributed by atoms with van der Waals surface area (Å²) in [5, 5.41) is 15.3. The van der Waals surface area contributed by atoms with Crippen LogP contribution in [0.1, 0.15) is 51.3 Å². The number of carbonyl (C=O) groups is 2. The van der Waals surface area contributed by atoms with E-state index in [4.69, 9.17) is 0 Å². The summed E-state index contributed by atoms with van der Waals surface area (Å²) in [7, 11) is 3.90. The summed E-state index contributed by atoms with van der Waals surface area (Å²) in [4.78, 5) is 32.0. The number of pyridine rings is 1. The van der Waals surface area contributed by atoms with Gasteiger partial charge in [0.2, 0.25) is 0 Å². The van der Waals surface area contributed by atoms with E-state index in [9.17, 15) is 14.9 Å². The standard InChI is InChI=1S/C27H29N5O2/c1-18-8-9-22(14-24(18)26(34)31-23-7-6-10-29-15-23)30-25(33)20-11-19(16-32(4)5)12-21(13-20)27(2,3)17-28/h6-15H,16H2,1-5H3,(H,30,33)(H,31,34). The molecular weight excluding hydrogens is 426 g/mol. The van der Waals surface area contributed by atoms with Crippen molar-refractivity contribution in [1.29, 1.82) is 5.26 Å². The van der Waals surface area contributed by atoms with Crippen LogP contribution in [0.5, 0.6) is 0 Å². The van der Waals surface area contributed by atoms with Gasteiger partial charge in [-0.3, -0.25) is 14.6 Å². The summed E-state index contributed by atoms with van der Waals surface area (Å²) in [6.07, 6.45) is 3.20. The lowest BCUT2D eigenvalue weighted by atomic mass is 9.84. The first kappa shape index (κ1) is 24.6. The van der Waals surface area contributed by atoms with E-state index in [0.29, 0.717) is 29.0 Å². The monoisotopic (exact) mass is 455 g/mol. The highest BCUT2D eigenvalue weighted by atomic mass is 16.2. The van der Waals surface area contributed by atoms with Crippen molar-refractivity contribution in [2.24, 2.45) is 0 Å². The molecule has 0 spiro atoms. The van der Waals surface area contributed by atoms with E-state index >= 15 is 0 Å². The molecule has 1 aromatic heterocycles. The Balaban J connectivity index is 1.88. The Morgan fingerprint density at radius 3 is 2.41 bits per heavy atom. The van der Waals surface area contributed by atoms with Crippen molar-refractivity contribution in [2.75, 3.05) is 24.7 Å². The van der Waals surface area contributed by atoms with Crippen molar-refractivity contribution in [2.45, 2.75) is 32.7 Å². The average Bonchev–Trinajstić information content (AvgIpc) is 2.80. The molecule has 0 aliphatic rings. The van der Waals surface area contributed by atoms with Crippen LogP contribution in [0.4, 0.5) is 11.4 Å². The van der Waals surface area contributed by atoms with E-state index in [1.54, 1.807) is 48.8 Å². The zero-order valence-corrected chi connectivity index (χ0v) is 20.1. The van der Waals surface area contributed by atoms with Gasteiger partial charge in [-0.15, -0.1) is 0 Å². The normalized spacial score (nSPS) is 11.1. The van der Waals surface area contributed by atoms with Crippen LogP contribution in [0.15, 0.2) is 60.9 Å². The first-order valence-corrected chi connectivity index (χ1v) is 10.9. The Morgan fingerprint density at radius 2 is 1.76 bits per heavy atom. The lowest BCUT2D eigenvalue weighted by molar-refractivity contribution is 0.101. The number of amides is 2. The molecular formula is C27H29N5O2. The first-order valence-electron chi connectivity index (χ1n) is 10.9. The highest BCUT2D eigenvalue weighted by Gasteiger charge is 2.22. The summed E-state index contributed by atoms with van der Waals surface area (Å²) < 4.78 is 0. The van der Waals surface area contributed by atoms with Gasteiger partial charge in [0.25, 0.3) is 11.8 Å². The largest absolute Gasteiger partial charge is 0.322 e. The fraction of sp³-hybridized carbons (Fsp3) is 0.259. The van der Waals surface area contributed by atoms with Crippen molar-refractivity contribution in [3.63, 3.8) is 0 Å². The van der Waals surface area contributed by atoms with Gasteiger partial charge in [-0.25, -0.2) is 0 Å². The van der Waals surface area contributed by atoms with Crippen LogP contribution in [0.25, 0.3) is 0 Å². The molecule has 0 aliphatic carbocycles. The maximum Gasteiger partial charge on any atom is 0.256 e. The molecule has 0 atom stereocenters. The molecule has 0 radical (unpaired) electrons. The molecule has 0 fully saturated rings. The first-order chi connectivity index (χ1) is 16.1. The number of rotatable bonds is 7. The van der Waals surface area contributed by atoms with Crippen molar-refractivity contribution >= 4 is 23.2 Å². The van der Waals surface area contributed by atoms with Gasteiger partial charge in [0.15, 0.2) is 0 Å². The molecule has 174 valence electrons. The number of aryl methyl sites for hydroxylation is 1. The van der Waals surface area contributed by atoms with Gasteiger partial charge in [0.1, 0.15) is 0 Å². The maximum absolute atomic E-state index is 13.2. The van der Waals surface area contributed by atoms with Gasteiger partial charge in [-0.1, -0.05) is 12.1 Å². The fourth-order valence-corrected chi connectivity index (χ4v) is 3.49. The molecule has 7 nitrogen and oxygen atoms in total. The highest BCUT2D eigenvalue weighted by molar-refractivity contribution is 6.08. The number of aromatic nitrogens is 1. The molecule has 7 heteroatoms. The van der Waals surface area contributed by atoms with Gasteiger partial charge in [0, 0.05) is 29.6 Å². The van der Waals surface area contributed by atoms with Crippen LogP contribution in [0, 0.1) is 18.3 Å². The van der Waals surface area contributed by atoms with Crippen LogP contribution in [0.3, 0.4) is 0 Å². The Labute approximate surface area is 200 Å². The van der Waals surface area contributed by atoms with E-state index in [1.807, 2.05) is 51.9 Å². The van der Waals surface area contributed by atoms with Gasteiger partial charge >= 0.3 is 0 Å². The molecule has 0 saturated carbocycles. The maximum atomic E-state index is 13.2. The lowest BCUT2D eigenvalue weighted by Crippen LogP contribution is -2.20. The number of anilines is 2. The minimum Gasteiger partial charge on any atom is -0.322 e. The predicted molar refractivity (Wildman–Crippen MR) is 134 cm³/mol. The second-order valence-corrected chi connectivity index (χ2v) is 9.07. The number of carbonyl (C=O) groups excluding carboxylic acids is 2. The molecule has 1 heterocycles. The molecule has 0 aliphatic heterocycles. The van der Waals surface area contributed by atoms with Crippen molar-refractivity contribution < 1.29 is 9.59 Å². The Morgan fingerprint density at radius 1 is 1.03 bits per heavy atom. The van der Waals surface area contributed by atoms with E-state index < -0.39 is 5.41 Å². The van der Waals surface area contributed by atoms with Crippen LogP contribution in [-0.4, -0.2) is 35.8 Å². The number of hydrogen-bond acceptors (Lipinski definition) is 5. The van der Waals surface area contributed by atoms with Gasteiger partial charge in [-0.2, -0.15) is 5.26 Å². The molecule has 0 saturated heterocycles. The van der Waals surface area contributed by atoms with Crippen molar-refractivity contribution in [1.82, 2.24) is 9.88 Å². The molecule has 2 N–H and O–H groups in total. The summed E-state index contributed by atoms with van der Waals surface area (Å²) >= 11 is 0. The summed E-state index contributed by atoms with van der Waals surface area (Å²) in [5.41, 5.74) is 3.77. The molecule has 2 aromatic carbocycles. The SMILES string of the molecule is Cc1ccc(NC(=O)c2cc(CN(C)C)cc(C(C)(C)C#N)c2)cc1C(=O)Nc1cccnc1. The van der Waals surface area contributed by atoms with Crippen LogP contribution < -0.4 is 10.6 Å². The third-order valence-corrected chi connectivity index (χ3v) is 5.41. The second kappa shape index (κ2) is 10.3. The molecule has 3 rings (SSSR count). The van der Waals surface area contributed by atoms with Crippen molar-refractivity contribution in [3.8, 4) is 6.07 Å². The number of nitrogens with zero attached hydrogens (tertiary/aromatic N) is 3. The number of hydrogen-bond donors (Lipinski definition) is 2. The Hall–Kier alpha value is -4.02. The summed E-state index contributed by atoms with van der Waals surface area (Å²) in [6, 6.07) is 16.6. The van der Waals surface area contributed by atoms with E-state index in [0.717, 1.165) is 16.7 Å². The molecule has 3 aromatic rings. The minimum atomic E-state index is -0.737. The number of benzene rings is 2. The molecule has 0 unspecified atom stereocenters. The zero-order valence-electron chi connectivity index (χ0n) is 20.1. The highest BCUT2D eigenvalue weighted by Crippen LogP contribution is 2.26. The van der Waals surface area contributed by atoms with E-state index in [1.165, 1.54) is 0 Å². The van der Waals surface area contributed by atoms with Crippen molar-refractivity contribution in [3.05, 3.63) is 88.7 Å². The fourth-order valence-electron chi connectivity index (χ4n) is 3.49. The minimum absolute atomic E-state index is 0.285. The zero-order chi connectivity index (χ0) is 24.9. The molecule has 2 amide bonds. The number of nitriles is 1. The predicted octanol–water partition coefficient (Wildman–Crippen LogP) is 4.76. The third kappa shape index (κ3) is 6.06. The van der Waals surface area contributed by atoms with Gasteiger partial charge < -0.3 is 15.5 Å². The quantitative estimate of drug-likeness (QED) is 0.535. The Bertz CT molecular complexity index is 1240. The third-order valence-electron chi connectivity index (χ3n) is 5.41. The molecule has 0 bridgehead atoms. The van der Waals surface area contributed by atoms with E-state index in [2.05, 4.69) is 21.7 Å². The van der Waals surface area contributed by atoms with Gasteiger partial charge in [0.05, 0.1) is 23.4 Å². The topological polar surface area (TPSA) is 98.1 Å². The average molecular weight is 456 g/mol. The van der Waals surface area contributed by atoms with Crippen LogP contribution in [-0.2, 0) is 12.0 Å². The summed E-state index contributed by atoms with van der Waals surface area (Å²) in [6.45, 7) is 6.14. The van der Waals surface area contributed by atoms with E-state index in [-0.39, 0.29) is 11.8 Å². The smallest absolute Gasteiger partial charge is 0.256 e. The Kier molecular flexibility index (Phi) is 7.44. The van der Waals surface area contributed by atoms with Crippen LogP contribution in [0.2, 0.25) is 0 Å². The second-order valence-electron chi connectivity index (χ2n) is 9.07. The van der Waals surface area contributed by atoms with Gasteiger partial charge in [-0.05, 0) is 88.0 Å². The molecule has 34 heavy (non-hydrogen) atoms. The lowest BCUT2D eigenvalue weighted by Gasteiger charge is -2.20.